The van der Waals surface area contributed by atoms with Crippen LogP contribution in [0.15, 0.2) is 28.7 Å². The molecular weight excluding hydrogens is 266 g/mol. The van der Waals surface area contributed by atoms with Crippen molar-refractivity contribution >= 4 is 21.7 Å². The first-order valence-corrected chi connectivity index (χ1v) is 6.42. The summed E-state index contributed by atoms with van der Waals surface area (Å²) in [6.45, 7) is 1.58. The predicted octanol–water partition coefficient (Wildman–Crippen LogP) is 2.97. The van der Waals surface area contributed by atoms with E-state index in [0.29, 0.717) is 6.54 Å². The lowest BCUT2D eigenvalue weighted by Gasteiger charge is -2.14. The van der Waals surface area contributed by atoms with E-state index in [-0.39, 0.29) is 5.78 Å². The molecule has 1 fully saturated rings. The molecule has 1 aromatic rings. The molecule has 0 bridgehead atoms. The molecule has 0 aromatic heterocycles. The molecule has 2 rings (SSSR count). The number of carbonyl (C=O) groups is 1. The Bertz CT molecular complexity index is 370. The molecule has 0 unspecified atom stereocenters. The first-order chi connectivity index (χ1) is 7.65. The standard InChI is InChI=1S/C13H16BrNO/c1-15(8-10-2-3-10)9-13(16)11-4-6-12(14)7-5-11/h4-7,10H,2-3,8-9H2,1H3. The molecule has 0 atom stereocenters. The van der Waals surface area contributed by atoms with E-state index < -0.39 is 0 Å². The molecular formula is C13H16BrNO. The fraction of sp³-hybridized carbons (Fsp3) is 0.462. The average Bonchev–Trinajstić information content (AvgIpc) is 3.02. The van der Waals surface area contributed by atoms with Crippen LogP contribution >= 0.6 is 15.9 Å². The minimum absolute atomic E-state index is 0.204. The number of Topliss-reactive ketones (excluding diaryl/α,β-unsaturated/α-hetero) is 1. The molecule has 0 heterocycles. The van der Waals surface area contributed by atoms with Crippen molar-refractivity contribution in [3.8, 4) is 0 Å². The van der Waals surface area contributed by atoms with Crippen LogP contribution in [0.5, 0.6) is 0 Å². The Kier molecular flexibility index (Phi) is 3.77. The molecule has 1 aliphatic carbocycles. The Morgan fingerprint density at radius 1 is 1.38 bits per heavy atom. The average molecular weight is 282 g/mol. The molecule has 86 valence electrons. The van der Waals surface area contributed by atoms with E-state index in [1.165, 1.54) is 12.8 Å². The molecule has 2 nitrogen and oxygen atoms in total. The van der Waals surface area contributed by atoms with Gasteiger partial charge in [-0.3, -0.25) is 9.69 Å². The lowest BCUT2D eigenvalue weighted by molar-refractivity contribution is 0.0944. The summed E-state index contributed by atoms with van der Waals surface area (Å²) in [5.41, 5.74) is 0.797. The van der Waals surface area contributed by atoms with Crippen molar-refractivity contribution in [1.29, 1.82) is 0 Å². The van der Waals surface area contributed by atoms with E-state index in [1.54, 1.807) is 0 Å². The van der Waals surface area contributed by atoms with Gasteiger partial charge in [0.15, 0.2) is 5.78 Å². The van der Waals surface area contributed by atoms with Gasteiger partial charge in [0.25, 0.3) is 0 Å². The van der Waals surface area contributed by atoms with Gasteiger partial charge >= 0.3 is 0 Å². The second-order valence-electron chi connectivity index (χ2n) is 4.57. The fourth-order valence-corrected chi connectivity index (χ4v) is 2.04. The first-order valence-electron chi connectivity index (χ1n) is 5.62. The molecule has 1 aromatic carbocycles. The molecule has 0 amide bonds. The van der Waals surface area contributed by atoms with Gasteiger partial charge in [0.1, 0.15) is 0 Å². The van der Waals surface area contributed by atoms with Crippen molar-refractivity contribution < 1.29 is 4.79 Å². The maximum Gasteiger partial charge on any atom is 0.176 e. The number of hydrogen-bond acceptors (Lipinski definition) is 2. The monoisotopic (exact) mass is 281 g/mol. The largest absolute Gasteiger partial charge is 0.299 e. The van der Waals surface area contributed by atoms with Crippen molar-refractivity contribution in [2.75, 3.05) is 20.1 Å². The summed E-state index contributed by atoms with van der Waals surface area (Å²) in [7, 11) is 2.02. The van der Waals surface area contributed by atoms with E-state index in [2.05, 4.69) is 20.8 Å². The van der Waals surface area contributed by atoms with E-state index in [4.69, 9.17) is 0 Å². The van der Waals surface area contributed by atoms with Gasteiger partial charge < -0.3 is 0 Å². The van der Waals surface area contributed by atoms with E-state index in [0.717, 1.165) is 22.5 Å². The highest BCUT2D eigenvalue weighted by Gasteiger charge is 2.23. The number of hydrogen-bond donors (Lipinski definition) is 0. The molecule has 1 aliphatic rings. The van der Waals surface area contributed by atoms with Crippen LogP contribution in [-0.4, -0.2) is 30.8 Å². The molecule has 3 heteroatoms. The molecule has 0 radical (unpaired) electrons. The third-order valence-electron chi connectivity index (χ3n) is 2.85. The third kappa shape index (κ3) is 3.42. The van der Waals surface area contributed by atoms with Crippen LogP contribution in [0.2, 0.25) is 0 Å². The second kappa shape index (κ2) is 5.11. The molecule has 16 heavy (non-hydrogen) atoms. The topological polar surface area (TPSA) is 20.3 Å². The maximum atomic E-state index is 11.9. The van der Waals surface area contributed by atoms with E-state index in [9.17, 15) is 4.79 Å². The zero-order chi connectivity index (χ0) is 11.5. The number of ketones is 1. The Labute approximate surface area is 105 Å². The fourth-order valence-electron chi connectivity index (χ4n) is 1.78. The lowest BCUT2D eigenvalue weighted by atomic mass is 10.1. The van der Waals surface area contributed by atoms with Gasteiger partial charge in [0.05, 0.1) is 6.54 Å². The number of likely N-dealkylation sites (N-methyl/N-ethyl adjacent to an activating group) is 1. The molecule has 1 saturated carbocycles. The Morgan fingerprint density at radius 3 is 2.56 bits per heavy atom. The molecule has 0 saturated heterocycles. The van der Waals surface area contributed by atoms with Crippen molar-refractivity contribution in [3.63, 3.8) is 0 Å². The number of carbonyl (C=O) groups excluding carboxylic acids is 1. The number of benzene rings is 1. The summed E-state index contributed by atoms with van der Waals surface area (Å²) in [5.74, 6) is 1.04. The summed E-state index contributed by atoms with van der Waals surface area (Å²) in [5, 5.41) is 0. The van der Waals surface area contributed by atoms with Crippen LogP contribution in [0.4, 0.5) is 0 Å². The highest BCUT2D eigenvalue weighted by Crippen LogP contribution is 2.29. The summed E-state index contributed by atoms with van der Waals surface area (Å²) in [4.78, 5) is 14.0. The maximum absolute atomic E-state index is 11.9. The number of nitrogens with zero attached hydrogens (tertiary/aromatic N) is 1. The predicted molar refractivity (Wildman–Crippen MR) is 68.7 cm³/mol. The number of rotatable bonds is 5. The Morgan fingerprint density at radius 2 is 2.00 bits per heavy atom. The molecule has 0 N–H and O–H groups in total. The van der Waals surface area contributed by atoms with E-state index in [1.807, 2.05) is 31.3 Å². The van der Waals surface area contributed by atoms with Crippen molar-refractivity contribution in [1.82, 2.24) is 4.90 Å². The van der Waals surface area contributed by atoms with Gasteiger partial charge in [-0.25, -0.2) is 0 Å². The first kappa shape index (κ1) is 11.8. The highest BCUT2D eigenvalue weighted by atomic mass is 79.9. The number of halogens is 1. The van der Waals surface area contributed by atoms with Gasteiger partial charge in [-0.2, -0.15) is 0 Å². The Balaban J connectivity index is 1.88. The van der Waals surface area contributed by atoms with Crippen LogP contribution in [0.25, 0.3) is 0 Å². The molecule has 0 spiro atoms. The zero-order valence-corrected chi connectivity index (χ0v) is 11.0. The summed E-state index contributed by atoms with van der Waals surface area (Å²) in [6, 6.07) is 7.57. The highest BCUT2D eigenvalue weighted by molar-refractivity contribution is 9.10. The second-order valence-corrected chi connectivity index (χ2v) is 5.49. The SMILES string of the molecule is CN(CC(=O)c1ccc(Br)cc1)CC1CC1. The zero-order valence-electron chi connectivity index (χ0n) is 9.45. The van der Waals surface area contributed by atoms with Crippen molar-refractivity contribution in [2.45, 2.75) is 12.8 Å². The molecule has 0 aliphatic heterocycles. The third-order valence-corrected chi connectivity index (χ3v) is 3.38. The van der Waals surface area contributed by atoms with Gasteiger partial charge in [-0.15, -0.1) is 0 Å². The van der Waals surface area contributed by atoms with E-state index >= 15 is 0 Å². The van der Waals surface area contributed by atoms with Crippen LogP contribution in [0.1, 0.15) is 23.2 Å². The van der Waals surface area contributed by atoms with Crippen molar-refractivity contribution in [2.24, 2.45) is 5.92 Å². The summed E-state index contributed by atoms with van der Waals surface area (Å²) < 4.78 is 1.01. The van der Waals surface area contributed by atoms with Gasteiger partial charge in [-0.1, -0.05) is 28.1 Å². The van der Waals surface area contributed by atoms with Crippen LogP contribution in [0.3, 0.4) is 0 Å². The van der Waals surface area contributed by atoms with Gasteiger partial charge in [0, 0.05) is 16.6 Å². The normalized spacial score (nSPS) is 15.4. The minimum Gasteiger partial charge on any atom is -0.299 e. The lowest BCUT2D eigenvalue weighted by Crippen LogP contribution is -2.27. The smallest absolute Gasteiger partial charge is 0.176 e. The van der Waals surface area contributed by atoms with Crippen LogP contribution in [0, 0.1) is 5.92 Å². The van der Waals surface area contributed by atoms with Crippen molar-refractivity contribution in [3.05, 3.63) is 34.3 Å². The van der Waals surface area contributed by atoms with Gasteiger partial charge in [0.2, 0.25) is 0 Å². The van der Waals surface area contributed by atoms with Gasteiger partial charge in [-0.05, 0) is 37.9 Å². The summed E-state index contributed by atoms with van der Waals surface area (Å²) in [6.07, 6.45) is 2.66. The van der Waals surface area contributed by atoms with Crippen LogP contribution in [-0.2, 0) is 0 Å². The Hall–Kier alpha value is -0.670. The minimum atomic E-state index is 0.204. The summed E-state index contributed by atoms with van der Waals surface area (Å²) >= 11 is 3.36. The van der Waals surface area contributed by atoms with Crippen LogP contribution < -0.4 is 0 Å². The quantitative estimate of drug-likeness (QED) is 0.774.